The van der Waals surface area contributed by atoms with Gasteiger partial charge in [0.2, 0.25) is 11.8 Å². The average Bonchev–Trinajstić information content (AvgIpc) is 2.92. The Kier molecular flexibility index (Phi) is 10.1. The topological polar surface area (TPSA) is 96.0 Å². The van der Waals surface area contributed by atoms with Crippen molar-refractivity contribution in [3.8, 4) is 5.75 Å². The number of benzene rings is 3. The van der Waals surface area contributed by atoms with Crippen LogP contribution >= 0.6 is 0 Å². The number of carbonyl (C=O) groups excluding carboxylic acids is 2. The molecule has 0 aliphatic heterocycles. The van der Waals surface area contributed by atoms with E-state index in [-0.39, 0.29) is 17.3 Å². The van der Waals surface area contributed by atoms with Crippen molar-refractivity contribution in [1.82, 2.24) is 10.2 Å². The van der Waals surface area contributed by atoms with Gasteiger partial charge in [-0.15, -0.1) is 0 Å². The van der Waals surface area contributed by atoms with Crippen LogP contribution in [0.3, 0.4) is 0 Å². The highest BCUT2D eigenvalue weighted by atomic mass is 32.2. The molecular weight excluding hydrogens is 514 g/mol. The minimum Gasteiger partial charge on any atom is -0.497 e. The largest absolute Gasteiger partial charge is 0.497 e. The molecule has 3 rings (SSSR count). The number of nitrogens with zero attached hydrogens (tertiary/aromatic N) is 2. The molecule has 0 saturated heterocycles. The van der Waals surface area contributed by atoms with Crippen LogP contribution in [0.1, 0.15) is 37.0 Å². The van der Waals surface area contributed by atoms with Crippen molar-refractivity contribution >= 4 is 27.5 Å². The number of hydrogen-bond acceptors (Lipinski definition) is 5. The predicted molar refractivity (Wildman–Crippen MR) is 153 cm³/mol. The quantitative estimate of drug-likeness (QED) is 0.359. The fourth-order valence-corrected chi connectivity index (χ4v) is 5.75. The summed E-state index contributed by atoms with van der Waals surface area (Å²) in [5.74, 6) is -0.208. The van der Waals surface area contributed by atoms with Crippen LogP contribution in [0.5, 0.6) is 5.75 Å². The van der Waals surface area contributed by atoms with E-state index in [1.807, 2.05) is 52.0 Å². The van der Waals surface area contributed by atoms with Crippen LogP contribution in [-0.4, -0.2) is 51.4 Å². The van der Waals surface area contributed by atoms with Gasteiger partial charge in [-0.3, -0.25) is 13.9 Å². The number of methoxy groups -OCH3 is 1. The summed E-state index contributed by atoms with van der Waals surface area (Å²) in [6, 6.07) is 19.9. The van der Waals surface area contributed by atoms with Crippen molar-refractivity contribution in [2.75, 3.05) is 24.5 Å². The van der Waals surface area contributed by atoms with E-state index in [1.54, 1.807) is 36.4 Å². The number of amides is 2. The Morgan fingerprint density at radius 2 is 1.59 bits per heavy atom. The zero-order chi connectivity index (χ0) is 28.6. The zero-order valence-electron chi connectivity index (χ0n) is 23.2. The number of anilines is 1. The second kappa shape index (κ2) is 13.3. The van der Waals surface area contributed by atoms with Crippen molar-refractivity contribution in [2.24, 2.45) is 0 Å². The molecule has 0 bridgehead atoms. The first-order valence-electron chi connectivity index (χ1n) is 13.0. The van der Waals surface area contributed by atoms with Crippen LogP contribution in [-0.2, 0) is 26.2 Å². The first kappa shape index (κ1) is 29.7. The summed E-state index contributed by atoms with van der Waals surface area (Å²) in [6.07, 6.45) is 0.372. The number of hydrogen-bond donors (Lipinski definition) is 1. The molecule has 0 saturated carbocycles. The van der Waals surface area contributed by atoms with Crippen LogP contribution in [0.2, 0.25) is 0 Å². The minimum atomic E-state index is -4.12. The van der Waals surface area contributed by atoms with Gasteiger partial charge >= 0.3 is 0 Å². The normalized spacial score (nSPS) is 11.9. The molecule has 3 aromatic carbocycles. The molecule has 0 fully saturated rings. The second-order valence-corrected chi connectivity index (χ2v) is 11.2. The molecule has 2 amide bonds. The molecule has 0 heterocycles. The van der Waals surface area contributed by atoms with E-state index in [2.05, 4.69) is 5.32 Å². The molecule has 0 radical (unpaired) electrons. The van der Waals surface area contributed by atoms with Gasteiger partial charge in [0.25, 0.3) is 10.0 Å². The summed E-state index contributed by atoms with van der Waals surface area (Å²) in [5.41, 5.74) is 3.10. The smallest absolute Gasteiger partial charge is 0.264 e. The summed E-state index contributed by atoms with van der Waals surface area (Å²) in [4.78, 5) is 28.5. The Morgan fingerprint density at radius 3 is 2.15 bits per heavy atom. The third kappa shape index (κ3) is 7.38. The van der Waals surface area contributed by atoms with Gasteiger partial charge in [0.15, 0.2) is 0 Å². The molecular formula is C30H37N3O5S. The minimum absolute atomic E-state index is 0.0673. The van der Waals surface area contributed by atoms with E-state index >= 15 is 0 Å². The predicted octanol–water partition coefficient (Wildman–Crippen LogP) is 4.45. The Balaban J connectivity index is 2.06. The van der Waals surface area contributed by atoms with Gasteiger partial charge in [0.05, 0.1) is 17.7 Å². The maximum atomic E-state index is 14.0. The zero-order valence-corrected chi connectivity index (χ0v) is 24.0. The van der Waals surface area contributed by atoms with Gasteiger partial charge in [-0.25, -0.2) is 8.42 Å². The maximum Gasteiger partial charge on any atom is 0.264 e. The van der Waals surface area contributed by atoms with Crippen molar-refractivity contribution in [1.29, 1.82) is 0 Å². The standard InChI is InChI=1S/C30H37N3O5S/c1-6-28(30(35)31-7-2)32(20-24-10-8-9-23(4)19-24)29(34)21-33(25-13-15-26(38-5)16-14-25)39(36,37)27-17-11-22(3)12-18-27/h8-19,28H,6-7,20-21H2,1-5H3,(H,31,35). The molecule has 8 nitrogen and oxygen atoms in total. The molecule has 9 heteroatoms. The Hall–Kier alpha value is -3.85. The summed E-state index contributed by atoms with van der Waals surface area (Å²) in [7, 11) is -2.59. The third-order valence-electron chi connectivity index (χ3n) is 6.42. The molecule has 0 spiro atoms. The van der Waals surface area contributed by atoms with Crippen molar-refractivity contribution in [2.45, 2.75) is 51.6 Å². The first-order valence-corrected chi connectivity index (χ1v) is 14.4. The summed E-state index contributed by atoms with van der Waals surface area (Å²) >= 11 is 0. The summed E-state index contributed by atoms with van der Waals surface area (Å²) < 4.78 is 34.1. The number of rotatable bonds is 12. The maximum absolute atomic E-state index is 14.0. The Labute approximate surface area is 231 Å². The van der Waals surface area contributed by atoms with Gasteiger partial charge in [0.1, 0.15) is 18.3 Å². The van der Waals surface area contributed by atoms with E-state index in [1.165, 1.54) is 24.1 Å². The van der Waals surface area contributed by atoms with Gasteiger partial charge in [-0.2, -0.15) is 0 Å². The molecule has 0 aliphatic carbocycles. The van der Waals surface area contributed by atoms with E-state index in [4.69, 9.17) is 4.74 Å². The van der Waals surface area contributed by atoms with Crippen molar-refractivity contribution in [3.63, 3.8) is 0 Å². The lowest BCUT2D eigenvalue weighted by atomic mass is 10.1. The van der Waals surface area contributed by atoms with E-state index in [9.17, 15) is 18.0 Å². The van der Waals surface area contributed by atoms with Crippen LogP contribution in [0.15, 0.2) is 77.7 Å². The first-order chi connectivity index (χ1) is 18.6. The lowest BCUT2D eigenvalue weighted by molar-refractivity contribution is -0.140. The monoisotopic (exact) mass is 551 g/mol. The van der Waals surface area contributed by atoms with E-state index in [0.29, 0.717) is 24.4 Å². The molecule has 0 aromatic heterocycles. The molecule has 0 aliphatic rings. The number of ether oxygens (including phenoxy) is 1. The van der Waals surface area contributed by atoms with Gasteiger partial charge < -0.3 is 15.0 Å². The summed E-state index contributed by atoms with van der Waals surface area (Å²) in [5, 5.41) is 2.81. The highest BCUT2D eigenvalue weighted by Gasteiger charge is 2.33. The highest BCUT2D eigenvalue weighted by molar-refractivity contribution is 7.92. The molecule has 208 valence electrons. The van der Waals surface area contributed by atoms with E-state index < -0.39 is 28.5 Å². The molecule has 39 heavy (non-hydrogen) atoms. The number of aryl methyl sites for hydroxylation is 2. The van der Waals surface area contributed by atoms with Gasteiger partial charge in [0, 0.05) is 13.1 Å². The lowest BCUT2D eigenvalue weighted by Crippen LogP contribution is -2.52. The van der Waals surface area contributed by atoms with Crippen LogP contribution < -0.4 is 14.4 Å². The SMILES string of the molecule is CCNC(=O)C(CC)N(Cc1cccc(C)c1)C(=O)CN(c1ccc(OC)cc1)S(=O)(=O)c1ccc(C)cc1. The lowest BCUT2D eigenvalue weighted by Gasteiger charge is -2.33. The second-order valence-electron chi connectivity index (χ2n) is 9.35. The highest BCUT2D eigenvalue weighted by Crippen LogP contribution is 2.27. The molecule has 1 unspecified atom stereocenters. The molecule has 3 aromatic rings. The fourth-order valence-electron chi connectivity index (χ4n) is 4.33. The van der Waals surface area contributed by atoms with Crippen molar-refractivity contribution in [3.05, 3.63) is 89.5 Å². The molecule has 1 atom stereocenters. The summed E-state index contributed by atoms with van der Waals surface area (Å²) in [6.45, 7) is 7.58. The molecule has 1 N–H and O–H groups in total. The fraction of sp³-hybridized carbons (Fsp3) is 0.333. The Morgan fingerprint density at radius 1 is 0.923 bits per heavy atom. The number of likely N-dealkylation sites (N-methyl/N-ethyl adjacent to an activating group) is 1. The number of carbonyl (C=O) groups is 2. The van der Waals surface area contributed by atoms with Crippen molar-refractivity contribution < 1.29 is 22.7 Å². The van der Waals surface area contributed by atoms with Gasteiger partial charge in [-0.1, -0.05) is 54.4 Å². The van der Waals surface area contributed by atoms with Gasteiger partial charge in [-0.05, 0) is 69.2 Å². The van der Waals surface area contributed by atoms with Crippen LogP contribution in [0, 0.1) is 13.8 Å². The third-order valence-corrected chi connectivity index (χ3v) is 8.21. The average molecular weight is 552 g/mol. The van der Waals surface area contributed by atoms with Crippen LogP contribution in [0.25, 0.3) is 0 Å². The number of nitrogens with one attached hydrogen (secondary N) is 1. The Bertz CT molecular complexity index is 1370. The number of sulfonamides is 1. The van der Waals surface area contributed by atoms with E-state index in [0.717, 1.165) is 21.0 Å². The van der Waals surface area contributed by atoms with Crippen LogP contribution in [0.4, 0.5) is 5.69 Å².